The van der Waals surface area contributed by atoms with Gasteiger partial charge in [0.1, 0.15) is 12.4 Å². The summed E-state index contributed by atoms with van der Waals surface area (Å²) in [5.74, 6) is 0.465. The van der Waals surface area contributed by atoms with Gasteiger partial charge in [0.05, 0.1) is 11.5 Å². The van der Waals surface area contributed by atoms with E-state index in [0.29, 0.717) is 19.0 Å². The molecule has 2 aromatic rings. The fourth-order valence-electron chi connectivity index (χ4n) is 1.50. The minimum Gasteiger partial charge on any atom is -0.491 e. The number of sulfonamides is 1. The van der Waals surface area contributed by atoms with Gasteiger partial charge in [-0.3, -0.25) is 0 Å². The van der Waals surface area contributed by atoms with E-state index in [1.807, 2.05) is 0 Å². The third-order valence-electron chi connectivity index (χ3n) is 2.46. The number of anilines is 1. The van der Waals surface area contributed by atoms with Gasteiger partial charge in [-0.25, -0.2) is 23.1 Å². The van der Waals surface area contributed by atoms with Gasteiger partial charge in [0, 0.05) is 25.6 Å². The van der Waals surface area contributed by atoms with Crippen LogP contribution in [0.1, 0.15) is 0 Å². The predicted octanol–water partition coefficient (Wildman–Crippen LogP) is 1.30. The second kappa shape index (κ2) is 7.00. The van der Waals surface area contributed by atoms with Crippen LogP contribution in [0.4, 0.5) is 5.95 Å². The highest BCUT2D eigenvalue weighted by atomic mass is 32.2. The summed E-state index contributed by atoms with van der Waals surface area (Å²) >= 11 is 0. The number of nitrogens with one attached hydrogen (secondary N) is 1. The first-order chi connectivity index (χ1) is 10.1. The van der Waals surface area contributed by atoms with Gasteiger partial charge < -0.3 is 9.47 Å². The Hall–Kier alpha value is -2.19. The normalized spacial score (nSPS) is 11.1. The summed E-state index contributed by atoms with van der Waals surface area (Å²) in [6.07, 6.45) is 2.91. The Morgan fingerprint density at radius 1 is 1.14 bits per heavy atom. The van der Waals surface area contributed by atoms with Crippen molar-refractivity contribution in [3.05, 3.63) is 42.7 Å². The van der Waals surface area contributed by atoms with Gasteiger partial charge in [-0.05, 0) is 18.2 Å². The third kappa shape index (κ3) is 4.40. The van der Waals surface area contributed by atoms with Gasteiger partial charge in [-0.1, -0.05) is 6.07 Å². The van der Waals surface area contributed by atoms with Crippen molar-refractivity contribution in [1.29, 1.82) is 0 Å². The number of benzene rings is 1. The maximum absolute atomic E-state index is 12.2. The number of nitrogens with zero attached hydrogens (tertiary/aromatic N) is 2. The van der Waals surface area contributed by atoms with E-state index in [-0.39, 0.29) is 10.8 Å². The van der Waals surface area contributed by atoms with Gasteiger partial charge in [0.25, 0.3) is 10.0 Å². The molecule has 1 N–H and O–H groups in total. The minimum atomic E-state index is -3.75. The average Bonchev–Trinajstić information content (AvgIpc) is 2.48. The number of ether oxygens (including phenoxy) is 2. The van der Waals surface area contributed by atoms with Crippen molar-refractivity contribution >= 4 is 16.0 Å². The summed E-state index contributed by atoms with van der Waals surface area (Å²) in [7, 11) is -2.19. The number of aromatic nitrogens is 2. The molecule has 0 bridgehead atoms. The number of hydrogen-bond donors (Lipinski definition) is 1. The molecule has 0 aliphatic rings. The molecule has 0 saturated heterocycles. The first-order valence-electron chi connectivity index (χ1n) is 6.13. The van der Waals surface area contributed by atoms with E-state index in [9.17, 15) is 8.42 Å². The molecule has 0 amide bonds. The second-order valence-electron chi connectivity index (χ2n) is 3.99. The first kappa shape index (κ1) is 15.2. The topological polar surface area (TPSA) is 90.4 Å². The fraction of sp³-hybridized carbons (Fsp3) is 0.231. The molecule has 1 heterocycles. The van der Waals surface area contributed by atoms with Crippen LogP contribution >= 0.6 is 0 Å². The van der Waals surface area contributed by atoms with Crippen molar-refractivity contribution < 1.29 is 17.9 Å². The van der Waals surface area contributed by atoms with Crippen LogP contribution in [0.2, 0.25) is 0 Å². The molecule has 112 valence electrons. The Morgan fingerprint density at radius 3 is 2.62 bits per heavy atom. The van der Waals surface area contributed by atoms with Crippen molar-refractivity contribution in [3.63, 3.8) is 0 Å². The Bertz CT molecular complexity index is 677. The van der Waals surface area contributed by atoms with Gasteiger partial charge >= 0.3 is 0 Å². The standard InChI is InChI=1S/C13H15N3O4S/c1-19-8-9-20-11-4-2-5-12(10-11)21(17,18)16-13-14-6-3-7-15-13/h2-7,10H,8-9H2,1H3,(H,14,15,16). The molecule has 0 radical (unpaired) electrons. The Kier molecular flexibility index (Phi) is 5.07. The Labute approximate surface area is 123 Å². The largest absolute Gasteiger partial charge is 0.491 e. The molecular weight excluding hydrogens is 294 g/mol. The molecule has 1 aromatic carbocycles. The molecule has 0 aliphatic carbocycles. The van der Waals surface area contributed by atoms with Crippen molar-refractivity contribution in [3.8, 4) is 5.75 Å². The molecule has 0 spiro atoms. The van der Waals surface area contributed by atoms with Crippen molar-refractivity contribution in [1.82, 2.24) is 9.97 Å². The zero-order valence-corrected chi connectivity index (χ0v) is 12.2. The lowest BCUT2D eigenvalue weighted by molar-refractivity contribution is 0.146. The molecule has 21 heavy (non-hydrogen) atoms. The fourth-order valence-corrected chi connectivity index (χ4v) is 2.50. The molecule has 1 aromatic heterocycles. The molecule has 0 atom stereocenters. The van der Waals surface area contributed by atoms with E-state index >= 15 is 0 Å². The molecule has 0 unspecified atom stereocenters. The summed E-state index contributed by atoms with van der Waals surface area (Å²) in [6, 6.07) is 7.77. The van der Waals surface area contributed by atoms with Gasteiger partial charge in [0.2, 0.25) is 5.95 Å². The smallest absolute Gasteiger partial charge is 0.264 e. The van der Waals surface area contributed by atoms with Crippen LogP contribution in [0.3, 0.4) is 0 Å². The van der Waals surface area contributed by atoms with Crippen LogP contribution in [0, 0.1) is 0 Å². The maximum atomic E-state index is 12.2. The van der Waals surface area contributed by atoms with Crippen LogP contribution in [0.25, 0.3) is 0 Å². The van der Waals surface area contributed by atoms with Crippen molar-refractivity contribution in [2.75, 3.05) is 25.0 Å². The predicted molar refractivity (Wildman–Crippen MR) is 76.7 cm³/mol. The highest BCUT2D eigenvalue weighted by Crippen LogP contribution is 2.19. The zero-order chi connectivity index (χ0) is 15.1. The minimum absolute atomic E-state index is 0.0169. The van der Waals surface area contributed by atoms with Crippen molar-refractivity contribution in [2.45, 2.75) is 4.90 Å². The van der Waals surface area contributed by atoms with Crippen molar-refractivity contribution in [2.24, 2.45) is 0 Å². The Morgan fingerprint density at radius 2 is 1.90 bits per heavy atom. The molecule has 0 aliphatic heterocycles. The van der Waals surface area contributed by atoms with Crippen LogP contribution in [0.5, 0.6) is 5.75 Å². The molecular formula is C13H15N3O4S. The highest BCUT2D eigenvalue weighted by molar-refractivity contribution is 7.92. The van der Waals surface area contributed by atoms with Crippen LogP contribution in [0.15, 0.2) is 47.6 Å². The molecule has 2 rings (SSSR count). The summed E-state index contributed by atoms with van der Waals surface area (Å²) in [5, 5.41) is 0. The van der Waals surface area contributed by atoms with Gasteiger partial charge in [-0.15, -0.1) is 0 Å². The summed E-state index contributed by atoms with van der Waals surface area (Å²) in [5.41, 5.74) is 0. The zero-order valence-electron chi connectivity index (χ0n) is 11.4. The molecule has 0 saturated carbocycles. The van der Waals surface area contributed by atoms with Crippen LogP contribution in [-0.2, 0) is 14.8 Å². The second-order valence-corrected chi connectivity index (χ2v) is 5.68. The lowest BCUT2D eigenvalue weighted by Crippen LogP contribution is -2.15. The van der Waals surface area contributed by atoms with E-state index in [1.165, 1.54) is 24.5 Å². The van der Waals surface area contributed by atoms with Crippen LogP contribution < -0.4 is 9.46 Å². The average molecular weight is 309 g/mol. The number of methoxy groups -OCH3 is 1. The quantitative estimate of drug-likeness (QED) is 0.775. The Balaban J connectivity index is 2.14. The van der Waals surface area contributed by atoms with E-state index in [0.717, 1.165) is 0 Å². The highest BCUT2D eigenvalue weighted by Gasteiger charge is 2.16. The van der Waals surface area contributed by atoms with Gasteiger partial charge in [0.15, 0.2) is 0 Å². The SMILES string of the molecule is COCCOc1cccc(S(=O)(=O)Nc2ncccn2)c1. The number of rotatable bonds is 7. The first-order valence-corrected chi connectivity index (χ1v) is 7.62. The number of hydrogen-bond acceptors (Lipinski definition) is 6. The van der Waals surface area contributed by atoms with E-state index in [2.05, 4.69) is 14.7 Å². The lowest BCUT2D eigenvalue weighted by Gasteiger charge is -2.09. The van der Waals surface area contributed by atoms with E-state index in [1.54, 1.807) is 25.3 Å². The maximum Gasteiger partial charge on any atom is 0.264 e. The summed E-state index contributed by atoms with van der Waals surface area (Å²) < 4.78 is 37.0. The molecule has 8 heteroatoms. The van der Waals surface area contributed by atoms with E-state index < -0.39 is 10.0 Å². The summed E-state index contributed by atoms with van der Waals surface area (Å²) in [4.78, 5) is 7.72. The molecule has 7 nitrogen and oxygen atoms in total. The third-order valence-corrected chi connectivity index (χ3v) is 3.79. The van der Waals surface area contributed by atoms with E-state index in [4.69, 9.17) is 9.47 Å². The monoisotopic (exact) mass is 309 g/mol. The summed E-state index contributed by atoms with van der Waals surface area (Å²) in [6.45, 7) is 0.766. The van der Waals surface area contributed by atoms with Crippen LogP contribution in [-0.4, -0.2) is 38.7 Å². The molecule has 0 fully saturated rings. The lowest BCUT2D eigenvalue weighted by atomic mass is 10.3. The van der Waals surface area contributed by atoms with Gasteiger partial charge in [-0.2, -0.15) is 0 Å².